The van der Waals surface area contributed by atoms with Crippen molar-refractivity contribution in [1.29, 1.82) is 0 Å². The molecule has 1 heterocycles. The number of nitrogens with one attached hydrogen (secondary N) is 2. The fourth-order valence-corrected chi connectivity index (χ4v) is 0.913. The number of ether oxygens (including phenoxy) is 2. The van der Waals surface area contributed by atoms with Crippen LogP contribution in [-0.2, 0) is 9.47 Å². The summed E-state index contributed by atoms with van der Waals surface area (Å²) >= 11 is 0. The largest absolute Gasteiger partial charge is 0.364 e. The molecule has 2 N–H and O–H groups in total. The summed E-state index contributed by atoms with van der Waals surface area (Å²) in [5.41, 5.74) is 0. The van der Waals surface area contributed by atoms with Gasteiger partial charge in [0.15, 0.2) is 0 Å². The number of aryl methyl sites for hydroxylation is 1. The number of nitrogens with zero attached hydrogens (tertiary/aromatic N) is 3. The Bertz CT molecular complexity index is 281. The minimum absolute atomic E-state index is 0.354. The Kier molecular flexibility index (Phi) is 4.72. The lowest BCUT2D eigenvalue weighted by atomic mass is 10.7. The van der Waals surface area contributed by atoms with Gasteiger partial charge in [0.2, 0.25) is 11.9 Å². The van der Waals surface area contributed by atoms with E-state index in [0.29, 0.717) is 31.2 Å². The van der Waals surface area contributed by atoms with Gasteiger partial charge in [0.1, 0.15) is 19.3 Å². The van der Waals surface area contributed by atoms with Crippen molar-refractivity contribution >= 4 is 11.9 Å². The highest BCUT2D eigenvalue weighted by molar-refractivity contribution is 5.33. The van der Waals surface area contributed by atoms with Gasteiger partial charge in [-0.15, -0.1) is 0 Å². The van der Waals surface area contributed by atoms with Crippen molar-refractivity contribution in [2.24, 2.45) is 0 Å². The van der Waals surface area contributed by atoms with Crippen molar-refractivity contribution in [2.75, 3.05) is 38.3 Å². The maximum atomic E-state index is 4.85. The fraction of sp³-hybridized carbons (Fsp3) is 0.625. The first kappa shape index (κ1) is 11.6. The van der Waals surface area contributed by atoms with E-state index in [9.17, 15) is 0 Å². The molecule has 0 radical (unpaired) electrons. The molecule has 0 saturated heterocycles. The Morgan fingerprint density at radius 1 is 0.933 bits per heavy atom. The molecule has 0 amide bonds. The molecule has 0 bridgehead atoms. The third-order valence-electron chi connectivity index (χ3n) is 1.50. The minimum Gasteiger partial charge on any atom is -0.364 e. The topological polar surface area (TPSA) is 81.2 Å². The van der Waals surface area contributed by atoms with Crippen LogP contribution in [0.5, 0.6) is 0 Å². The normalized spacial score (nSPS) is 10.1. The van der Waals surface area contributed by atoms with E-state index in [1.807, 2.05) is 0 Å². The lowest BCUT2D eigenvalue weighted by molar-refractivity contribution is 0.219. The van der Waals surface area contributed by atoms with Crippen LogP contribution >= 0.6 is 0 Å². The first-order valence-electron chi connectivity index (χ1n) is 4.44. The van der Waals surface area contributed by atoms with Crippen LogP contribution in [0.2, 0.25) is 0 Å². The van der Waals surface area contributed by atoms with Crippen molar-refractivity contribution in [3.05, 3.63) is 5.82 Å². The zero-order valence-electron chi connectivity index (χ0n) is 9.07. The molecule has 0 atom stereocenters. The van der Waals surface area contributed by atoms with Crippen LogP contribution in [0, 0.1) is 6.92 Å². The van der Waals surface area contributed by atoms with Crippen molar-refractivity contribution in [2.45, 2.75) is 6.92 Å². The van der Waals surface area contributed by atoms with Gasteiger partial charge in [0.25, 0.3) is 0 Å². The van der Waals surface area contributed by atoms with Gasteiger partial charge in [-0.2, -0.15) is 15.0 Å². The van der Waals surface area contributed by atoms with Gasteiger partial charge in [0.05, 0.1) is 0 Å². The van der Waals surface area contributed by atoms with E-state index in [4.69, 9.17) is 9.47 Å². The van der Waals surface area contributed by atoms with Crippen LogP contribution in [-0.4, -0.2) is 42.6 Å². The Morgan fingerprint density at radius 2 is 1.40 bits per heavy atom. The van der Waals surface area contributed by atoms with Crippen LogP contribution < -0.4 is 10.6 Å². The molecule has 0 aliphatic heterocycles. The Hall–Kier alpha value is -1.47. The second-order valence-corrected chi connectivity index (χ2v) is 2.75. The fourth-order valence-electron chi connectivity index (χ4n) is 0.913. The predicted molar refractivity (Wildman–Crippen MR) is 55.6 cm³/mol. The summed E-state index contributed by atoms with van der Waals surface area (Å²) in [6, 6.07) is 0. The van der Waals surface area contributed by atoms with E-state index in [2.05, 4.69) is 25.6 Å². The highest BCUT2D eigenvalue weighted by Gasteiger charge is 2.01. The summed E-state index contributed by atoms with van der Waals surface area (Å²) in [4.78, 5) is 12.3. The van der Waals surface area contributed by atoms with Crippen LogP contribution in [0.4, 0.5) is 11.9 Å². The molecule has 15 heavy (non-hydrogen) atoms. The Morgan fingerprint density at radius 3 is 1.80 bits per heavy atom. The van der Waals surface area contributed by atoms with Gasteiger partial charge in [-0.05, 0) is 6.92 Å². The van der Waals surface area contributed by atoms with Gasteiger partial charge < -0.3 is 20.1 Å². The number of hydrogen-bond donors (Lipinski definition) is 2. The van der Waals surface area contributed by atoms with Crippen LogP contribution in [0.25, 0.3) is 0 Å². The second-order valence-electron chi connectivity index (χ2n) is 2.75. The molecule has 1 rings (SSSR count). The molecule has 84 valence electrons. The van der Waals surface area contributed by atoms with Gasteiger partial charge in [-0.25, -0.2) is 0 Å². The van der Waals surface area contributed by atoms with Crippen molar-refractivity contribution in [3.8, 4) is 0 Å². The SMILES string of the molecule is COCNc1nc(C)nc(NCOC)n1. The molecular weight excluding hydrogens is 198 g/mol. The predicted octanol–water partition coefficient (Wildman–Crippen LogP) is 0.212. The van der Waals surface area contributed by atoms with Gasteiger partial charge in [-0.3, -0.25) is 0 Å². The quantitative estimate of drug-likeness (QED) is 0.654. The first-order chi connectivity index (χ1) is 7.26. The zero-order chi connectivity index (χ0) is 11.1. The van der Waals surface area contributed by atoms with E-state index in [1.165, 1.54) is 0 Å². The lowest BCUT2D eigenvalue weighted by Gasteiger charge is -2.07. The third kappa shape index (κ3) is 4.05. The first-order valence-corrected chi connectivity index (χ1v) is 4.44. The molecule has 1 aromatic heterocycles. The minimum atomic E-state index is 0.354. The average molecular weight is 213 g/mol. The Balaban J connectivity index is 2.66. The zero-order valence-corrected chi connectivity index (χ0v) is 9.07. The van der Waals surface area contributed by atoms with Gasteiger partial charge in [-0.1, -0.05) is 0 Å². The van der Waals surface area contributed by atoms with Crippen molar-refractivity contribution < 1.29 is 9.47 Å². The summed E-state index contributed by atoms with van der Waals surface area (Å²) < 4.78 is 9.70. The highest BCUT2D eigenvalue weighted by atomic mass is 16.5. The second kappa shape index (κ2) is 6.10. The number of aromatic nitrogens is 3. The monoisotopic (exact) mass is 213 g/mol. The van der Waals surface area contributed by atoms with Gasteiger partial charge >= 0.3 is 0 Å². The summed E-state index contributed by atoms with van der Waals surface area (Å²) in [5, 5.41) is 5.77. The Labute approximate surface area is 88.2 Å². The van der Waals surface area contributed by atoms with Crippen LogP contribution in [0.15, 0.2) is 0 Å². The van der Waals surface area contributed by atoms with Crippen molar-refractivity contribution in [3.63, 3.8) is 0 Å². The number of rotatable bonds is 6. The third-order valence-corrected chi connectivity index (χ3v) is 1.50. The molecule has 0 spiro atoms. The van der Waals surface area contributed by atoms with Crippen LogP contribution in [0.3, 0.4) is 0 Å². The average Bonchev–Trinajstić information content (AvgIpc) is 2.23. The van der Waals surface area contributed by atoms with Crippen molar-refractivity contribution in [1.82, 2.24) is 15.0 Å². The van der Waals surface area contributed by atoms with E-state index in [1.54, 1.807) is 21.1 Å². The number of methoxy groups -OCH3 is 2. The number of hydrogen-bond acceptors (Lipinski definition) is 7. The van der Waals surface area contributed by atoms with Gasteiger partial charge in [0, 0.05) is 14.2 Å². The standard InChI is InChI=1S/C8H15N5O2/c1-6-11-7(9-4-14-2)13-8(12-6)10-5-15-3/h4-5H2,1-3H3,(H2,9,10,11,12,13). The van der Waals surface area contributed by atoms with E-state index < -0.39 is 0 Å². The van der Waals surface area contributed by atoms with Crippen LogP contribution in [0.1, 0.15) is 5.82 Å². The lowest BCUT2D eigenvalue weighted by Crippen LogP contribution is -2.12. The molecule has 0 unspecified atom stereocenters. The molecule has 0 saturated carbocycles. The molecule has 1 aromatic rings. The maximum Gasteiger partial charge on any atom is 0.229 e. The maximum absolute atomic E-state index is 4.85. The number of anilines is 2. The molecule has 7 heteroatoms. The molecule has 0 aliphatic carbocycles. The van der Waals surface area contributed by atoms with E-state index >= 15 is 0 Å². The molecule has 7 nitrogen and oxygen atoms in total. The summed E-state index contributed by atoms with van der Waals surface area (Å²) in [6.07, 6.45) is 0. The smallest absolute Gasteiger partial charge is 0.229 e. The molecule has 0 aromatic carbocycles. The molecular formula is C8H15N5O2. The molecule has 0 aliphatic rings. The summed E-state index contributed by atoms with van der Waals surface area (Å²) in [6.45, 7) is 2.50. The summed E-state index contributed by atoms with van der Waals surface area (Å²) in [5.74, 6) is 1.58. The molecule has 0 fully saturated rings. The van der Waals surface area contributed by atoms with E-state index in [-0.39, 0.29) is 0 Å². The highest BCUT2D eigenvalue weighted by Crippen LogP contribution is 2.04. The summed E-state index contributed by atoms with van der Waals surface area (Å²) in [7, 11) is 3.18. The van der Waals surface area contributed by atoms with E-state index in [0.717, 1.165) is 0 Å².